The lowest BCUT2D eigenvalue weighted by molar-refractivity contribution is 0.0803. The highest BCUT2D eigenvalue weighted by molar-refractivity contribution is 5.83. The molecule has 4 aromatic rings. The molecule has 2 fully saturated rings. The van der Waals surface area contributed by atoms with Crippen molar-refractivity contribution in [1.82, 2.24) is 29.0 Å². The first-order valence-corrected chi connectivity index (χ1v) is 11.3. The molecule has 0 bridgehead atoms. The van der Waals surface area contributed by atoms with Crippen LogP contribution in [0, 0.1) is 19.7 Å². The van der Waals surface area contributed by atoms with Crippen molar-refractivity contribution in [3.8, 4) is 11.3 Å². The summed E-state index contributed by atoms with van der Waals surface area (Å²) in [6.45, 7) is 4.16. The molecule has 9 nitrogen and oxygen atoms in total. The number of halogens is 1. The molecule has 34 heavy (non-hydrogen) atoms. The standard InChI is InChI=1S/C24H23FN6O3/c1-13-7-18(28-31-11-14(2)27-21(13)31)15-8-17(25)20-19(9-15)26-12-29(22(20)32)16-3-6-30(23(33)34)24(10-16)4-5-24/h7-9,11-12,16H,3-6,10H2,1-2H3,(H,33,34). The maximum atomic E-state index is 15.3. The van der Waals surface area contributed by atoms with E-state index in [0.717, 1.165) is 29.7 Å². The van der Waals surface area contributed by atoms with Crippen LogP contribution in [0.4, 0.5) is 9.18 Å². The van der Waals surface area contributed by atoms with Gasteiger partial charge in [-0.15, -0.1) is 0 Å². The SMILES string of the molecule is Cc1cn2nc(-c3cc(F)c4c(=O)n(C5CCN(C(=O)O)C6(CC6)C5)cnc4c3)cc(C)c2n1. The van der Waals surface area contributed by atoms with Crippen molar-refractivity contribution in [2.45, 2.75) is 51.1 Å². The van der Waals surface area contributed by atoms with Gasteiger partial charge in [0, 0.05) is 23.7 Å². The maximum absolute atomic E-state index is 15.3. The second-order valence-corrected chi connectivity index (χ2v) is 9.48. The van der Waals surface area contributed by atoms with Gasteiger partial charge in [0.2, 0.25) is 0 Å². The summed E-state index contributed by atoms with van der Waals surface area (Å²) in [6.07, 6.45) is 4.96. The van der Waals surface area contributed by atoms with Gasteiger partial charge < -0.3 is 10.0 Å². The number of fused-ring (bicyclic) bond motifs is 2. The smallest absolute Gasteiger partial charge is 0.407 e. The molecule has 1 aromatic carbocycles. The Bertz CT molecular complexity index is 1550. The van der Waals surface area contributed by atoms with Crippen LogP contribution in [0.2, 0.25) is 0 Å². The van der Waals surface area contributed by atoms with Crippen molar-refractivity contribution >= 4 is 22.6 Å². The number of piperidine rings is 1. The highest BCUT2D eigenvalue weighted by atomic mass is 19.1. The quantitative estimate of drug-likeness (QED) is 0.487. The molecular formula is C24H23FN6O3. The fourth-order valence-electron chi connectivity index (χ4n) is 5.33. The summed E-state index contributed by atoms with van der Waals surface area (Å²) in [4.78, 5) is 35.2. The number of carbonyl (C=O) groups is 1. The number of amides is 1. The number of rotatable bonds is 2. The number of aromatic nitrogens is 5. The molecule has 1 aliphatic carbocycles. The summed E-state index contributed by atoms with van der Waals surface area (Å²) < 4.78 is 18.5. The third-order valence-corrected chi connectivity index (χ3v) is 7.19. The van der Waals surface area contributed by atoms with Crippen molar-refractivity contribution in [3.05, 3.63) is 58.2 Å². The first-order valence-electron chi connectivity index (χ1n) is 11.3. The van der Waals surface area contributed by atoms with Gasteiger partial charge in [-0.3, -0.25) is 9.36 Å². The molecule has 1 unspecified atom stereocenters. The van der Waals surface area contributed by atoms with Gasteiger partial charge in [0.05, 0.1) is 29.4 Å². The summed E-state index contributed by atoms with van der Waals surface area (Å²) in [6, 6.07) is 4.63. The van der Waals surface area contributed by atoms with E-state index in [1.807, 2.05) is 26.1 Å². The second-order valence-electron chi connectivity index (χ2n) is 9.48. The highest BCUT2D eigenvalue weighted by Gasteiger charge is 2.54. The van der Waals surface area contributed by atoms with Crippen LogP contribution in [0.5, 0.6) is 0 Å². The molecule has 2 aliphatic rings. The molecule has 1 saturated carbocycles. The van der Waals surface area contributed by atoms with E-state index in [1.54, 1.807) is 10.6 Å². The van der Waals surface area contributed by atoms with E-state index in [1.165, 1.54) is 21.9 Å². The molecule has 6 rings (SSSR count). The van der Waals surface area contributed by atoms with Crippen LogP contribution in [0.1, 0.15) is 43.0 Å². The minimum atomic E-state index is -0.925. The van der Waals surface area contributed by atoms with Gasteiger partial charge in [-0.1, -0.05) is 0 Å². The Kier molecular flexibility index (Phi) is 4.33. The predicted octanol–water partition coefficient (Wildman–Crippen LogP) is 3.71. The summed E-state index contributed by atoms with van der Waals surface area (Å²) in [5.74, 6) is -0.648. The number of aryl methyl sites for hydroxylation is 2. The lowest BCUT2D eigenvalue weighted by Gasteiger charge is -2.38. The average Bonchev–Trinajstić information content (AvgIpc) is 3.42. The van der Waals surface area contributed by atoms with Crippen LogP contribution in [0.25, 0.3) is 27.8 Å². The van der Waals surface area contributed by atoms with Crippen molar-refractivity contribution in [2.75, 3.05) is 6.54 Å². The van der Waals surface area contributed by atoms with Gasteiger partial charge in [-0.2, -0.15) is 5.10 Å². The van der Waals surface area contributed by atoms with Gasteiger partial charge in [-0.25, -0.2) is 23.7 Å². The van der Waals surface area contributed by atoms with E-state index in [2.05, 4.69) is 15.1 Å². The molecule has 1 saturated heterocycles. The van der Waals surface area contributed by atoms with Gasteiger partial charge >= 0.3 is 6.09 Å². The minimum absolute atomic E-state index is 0.0620. The predicted molar refractivity (Wildman–Crippen MR) is 122 cm³/mol. The number of hydrogen-bond acceptors (Lipinski definition) is 5. The van der Waals surface area contributed by atoms with E-state index in [9.17, 15) is 14.7 Å². The highest BCUT2D eigenvalue weighted by Crippen LogP contribution is 2.51. The van der Waals surface area contributed by atoms with Crippen LogP contribution in [0.3, 0.4) is 0 Å². The zero-order valence-corrected chi connectivity index (χ0v) is 18.8. The molecule has 10 heteroatoms. The largest absolute Gasteiger partial charge is 0.465 e. The molecule has 1 atom stereocenters. The first kappa shape index (κ1) is 20.8. The van der Waals surface area contributed by atoms with Crippen molar-refractivity contribution < 1.29 is 14.3 Å². The van der Waals surface area contributed by atoms with Gasteiger partial charge in [0.25, 0.3) is 5.56 Å². The van der Waals surface area contributed by atoms with E-state index in [4.69, 9.17) is 0 Å². The summed E-state index contributed by atoms with van der Waals surface area (Å²) in [5, 5.41) is 14.0. The molecule has 1 aliphatic heterocycles. The molecule has 4 heterocycles. The Morgan fingerprint density at radius 2 is 2.03 bits per heavy atom. The Morgan fingerprint density at radius 1 is 1.24 bits per heavy atom. The molecule has 0 radical (unpaired) electrons. The Hall–Kier alpha value is -3.82. The number of hydrogen-bond donors (Lipinski definition) is 1. The molecule has 1 spiro atoms. The number of likely N-dealkylation sites (tertiary alicyclic amines) is 1. The Labute approximate surface area is 193 Å². The summed E-state index contributed by atoms with van der Waals surface area (Å²) in [5.41, 5.74) is 2.99. The molecule has 1 N–H and O–H groups in total. The second kappa shape index (κ2) is 7.09. The fourth-order valence-corrected chi connectivity index (χ4v) is 5.33. The number of nitrogens with zero attached hydrogens (tertiary/aromatic N) is 6. The fraction of sp³-hybridized carbons (Fsp3) is 0.375. The van der Waals surface area contributed by atoms with E-state index in [0.29, 0.717) is 30.6 Å². The monoisotopic (exact) mass is 462 g/mol. The summed E-state index contributed by atoms with van der Waals surface area (Å²) in [7, 11) is 0. The normalized spacial score (nSPS) is 19.3. The summed E-state index contributed by atoms with van der Waals surface area (Å²) >= 11 is 0. The molecule has 1 amide bonds. The van der Waals surface area contributed by atoms with Crippen LogP contribution in [-0.4, -0.2) is 52.3 Å². The van der Waals surface area contributed by atoms with Crippen LogP contribution in [0.15, 0.2) is 35.5 Å². The van der Waals surface area contributed by atoms with Gasteiger partial charge in [0.1, 0.15) is 11.2 Å². The Morgan fingerprint density at radius 3 is 2.76 bits per heavy atom. The molecule has 174 valence electrons. The minimum Gasteiger partial charge on any atom is -0.465 e. The number of carboxylic acid groups (broad SMARTS) is 1. The van der Waals surface area contributed by atoms with Crippen molar-refractivity contribution in [1.29, 1.82) is 0 Å². The van der Waals surface area contributed by atoms with Gasteiger partial charge in [0.15, 0.2) is 5.65 Å². The van der Waals surface area contributed by atoms with E-state index >= 15 is 4.39 Å². The lowest BCUT2D eigenvalue weighted by atomic mass is 9.95. The van der Waals surface area contributed by atoms with Crippen molar-refractivity contribution in [3.63, 3.8) is 0 Å². The third kappa shape index (κ3) is 3.08. The number of benzene rings is 1. The maximum Gasteiger partial charge on any atom is 0.407 e. The van der Waals surface area contributed by atoms with Gasteiger partial charge in [-0.05, 0) is 63.3 Å². The average molecular weight is 462 g/mol. The Balaban J connectivity index is 1.40. The van der Waals surface area contributed by atoms with Crippen LogP contribution < -0.4 is 5.56 Å². The van der Waals surface area contributed by atoms with E-state index < -0.39 is 23.0 Å². The third-order valence-electron chi connectivity index (χ3n) is 7.19. The van der Waals surface area contributed by atoms with Crippen LogP contribution in [-0.2, 0) is 0 Å². The number of imidazole rings is 1. The van der Waals surface area contributed by atoms with Crippen LogP contribution >= 0.6 is 0 Å². The topological polar surface area (TPSA) is 106 Å². The zero-order valence-electron chi connectivity index (χ0n) is 18.8. The van der Waals surface area contributed by atoms with E-state index in [-0.39, 0.29) is 16.9 Å². The molecule has 3 aromatic heterocycles. The first-order chi connectivity index (χ1) is 16.3. The molecular weight excluding hydrogens is 439 g/mol. The lowest BCUT2D eigenvalue weighted by Crippen LogP contribution is -2.48. The van der Waals surface area contributed by atoms with Crippen molar-refractivity contribution in [2.24, 2.45) is 0 Å². The zero-order chi connectivity index (χ0) is 23.8.